The maximum Gasteiger partial charge on any atom is 0.133 e. The number of hydrogen-bond acceptors (Lipinski definition) is 6. The van der Waals surface area contributed by atoms with Crippen LogP contribution in [0, 0.1) is 0 Å². The van der Waals surface area contributed by atoms with Crippen LogP contribution in [0.5, 0.6) is 0 Å². The quantitative estimate of drug-likeness (QED) is 0.587. The summed E-state index contributed by atoms with van der Waals surface area (Å²) < 4.78 is 0. The maximum atomic E-state index is 12.2. The maximum absolute atomic E-state index is 12.2. The Hall–Kier alpha value is -0.760. The number of thiophene rings is 2. The fraction of sp³-hybridized carbons (Fsp3) is 0.667. The summed E-state index contributed by atoms with van der Waals surface area (Å²) in [5.74, 6) is 0. The smallest absolute Gasteiger partial charge is 0.133 e. The highest BCUT2D eigenvalue weighted by Gasteiger charge is 2.52. The lowest BCUT2D eigenvalue weighted by atomic mass is 9.75. The van der Waals surface area contributed by atoms with Gasteiger partial charge in [-0.05, 0) is 87.6 Å². The molecule has 0 bridgehead atoms. The predicted molar refractivity (Wildman–Crippen MR) is 126 cm³/mol. The zero-order chi connectivity index (χ0) is 20.9. The van der Waals surface area contributed by atoms with Crippen molar-refractivity contribution in [1.82, 2.24) is 9.80 Å². The molecule has 0 spiro atoms. The molecule has 4 rings (SSSR count). The summed E-state index contributed by atoms with van der Waals surface area (Å²) in [4.78, 5) is 6.69. The van der Waals surface area contributed by atoms with Crippen LogP contribution < -0.4 is 0 Å². The Morgan fingerprint density at radius 1 is 0.667 bits per heavy atom. The number of nitrogens with zero attached hydrogens (tertiary/aromatic N) is 2. The molecule has 2 saturated heterocycles. The second-order valence-electron chi connectivity index (χ2n) is 8.98. The fourth-order valence-electron chi connectivity index (χ4n) is 5.10. The van der Waals surface area contributed by atoms with Crippen LogP contribution in [0.2, 0.25) is 0 Å². The Kier molecular flexibility index (Phi) is 7.66. The van der Waals surface area contributed by atoms with Crippen molar-refractivity contribution >= 4 is 22.7 Å². The first kappa shape index (κ1) is 22.4. The minimum absolute atomic E-state index is 0.557. The molecule has 4 heterocycles. The molecule has 0 amide bonds. The van der Waals surface area contributed by atoms with E-state index in [1.807, 2.05) is 35.0 Å². The fourth-order valence-corrected chi connectivity index (χ4v) is 6.95. The zero-order valence-electron chi connectivity index (χ0n) is 18.0. The number of rotatable bonds is 9. The second-order valence-corrected chi connectivity index (χ2v) is 10.9. The van der Waals surface area contributed by atoms with Crippen LogP contribution in [-0.2, 0) is 11.2 Å². The van der Waals surface area contributed by atoms with E-state index in [0.29, 0.717) is 12.8 Å². The predicted octanol–water partition coefficient (Wildman–Crippen LogP) is 4.64. The highest BCUT2D eigenvalue weighted by atomic mass is 32.1. The van der Waals surface area contributed by atoms with Crippen molar-refractivity contribution in [2.24, 2.45) is 0 Å². The molecule has 2 aliphatic rings. The van der Waals surface area contributed by atoms with Crippen LogP contribution in [0.25, 0.3) is 0 Å². The Balaban J connectivity index is 1.60. The van der Waals surface area contributed by atoms with Crippen molar-refractivity contribution in [3.8, 4) is 0 Å². The highest BCUT2D eigenvalue weighted by Crippen LogP contribution is 2.48. The van der Waals surface area contributed by atoms with Crippen molar-refractivity contribution in [2.75, 3.05) is 39.3 Å². The summed E-state index contributed by atoms with van der Waals surface area (Å²) in [6, 6.07) is 7.98. The van der Waals surface area contributed by atoms with Gasteiger partial charge in [0, 0.05) is 22.8 Å². The molecular weight excluding hydrogens is 412 g/mol. The van der Waals surface area contributed by atoms with Gasteiger partial charge in [-0.2, -0.15) is 0 Å². The third-order valence-corrected chi connectivity index (χ3v) is 9.06. The molecule has 0 aromatic carbocycles. The summed E-state index contributed by atoms with van der Waals surface area (Å²) in [6.07, 6.45) is 8.68. The van der Waals surface area contributed by atoms with Gasteiger partial charge < -0.3 is 20.0 Å². The molecule has 0 aliphatic carbocycles. The van der Waals surface area contributed by atoms with Gasteiger partial charge in [0.2, 0.25) is 0 Å². The lowest BCUT2D eigenvalue weighted by molar-refractivity contribution is -0.174. The van der Waals surface area contributed by atoms with Crippen LogP contribution in [0.1, 0.15) is 61.1 Å². The summed E-state index contributed by atoms with van der Waals surface area (Å²) in [7, 11) is 0. The van der Waals surface area contributed by atoms with E-state index in [1.54, 1.807) is 22.7 Å². The third kappa shape index (κ3) is 4.84. The van der Waals surface area contributed by atoms with Crippen LogP contribution in [0.15, 0.2) is 35.0 Å². The summed E-state index contributed by atoms with van der Waals surface area (Å²) in [5.41, 5.74) is -2.56. The Morgan fingerprint density at radius 2 is 1.07 bits per heavy atom. The molecule has 2 aromatic heterocycles. The van der Waals surface area contributed by atoms with E-state index in [1.165, 1.54) is 38.5 Å². The van der Waals surface area contributed by atoms with Crippen LogP contribution in [0.3, 0.4) is 0 Å². The first-order chi connectivity index (χ1) is 14.6. The molecule has 0 saturated carbocycles. The van der Waals surface area contributed by atoms with Crippen LogP contribution in [0.4, 0.5) is 0 Å². The molecule has 0 radical (unpaired) electrons. The van der Waals surface area contributed by atoms with Crippen LogP contribution in [-0.4, -0.2) is 59.3 Å². The van der Waals surface area contributed by atoms with Gasteiger partial charge in [0.1, 0.15) is 11.2 Å². The van der Waals surface area contributed by atoms with Gasteiger partial charge in [0.25, 0.3) is 0 Å². The minimum atomic E-state index is -1.28. The van der Waals surface area contributed by atoms with E-state index < -0.39 is 11.2 Å². The molecule has 2 fully saturated rings. The molecule has 2 N–H and O–H groups in total. The van der Waals surface area contributed by atoms with Crippen molar-refractivity contribution in [3.05, 3.63) is 44.8 Å². The Labute approximate surface area is 189 Å². The number of likely N-dealkylation sites (tertiary alicyclic amines) is 2. The van der Waals surface area contributed by atoms with Crippen molar-refractivity contribution in [3.63, 3.8) is 0 Å². The van der Waals surface area contributed by atoms with Gasteiger partial charge >= 0.3 is 0 Å². The molecule has 2 atom stereocenters. The van der Waals surface area contributed by atoms with E-state index in [4.69, 9.17) is 0 Å². The van der Waals surface area contributed by atoms with Gasteiger partial charge in [-0.25, -0.2) is 0 Å². The molecule has 2 aromatic rings. The summed E-state index contributed by atoms with van der Waals surface area (Å²) >= 11 is 3.13. The van der Waals surface area contributed by atoms with Crippen molar-refractivity contribution < 1.29 is 10.2 Å². The molecule has 166 valence electrons. The first-order valence-corrected chi connectivity index (χ1v) is 13.4. The van der Waals surface area contributed by atoms with Gasteiger partial charge in [0.05, 0.1) is 0 Å². The van der Waals surface area contributed by atoms with E-state index in [2.05, 4.69) is 9.80 Å². The lowest BCUT2D eigenvalue weighted by Crippen LogP contribution is -2.52. The number of hydrogen-bond donors (Lipinski definition) is 2. The zero-order valence-corrected chi connectivity index (χ0v) is 19.6. The van der Waals surface area contributed by atoms with Crippen molar-refractivity contribution in [2.45, 2.75) is 62.6 Å². The molecule has 6 heteroatoms. The van der Waals surface area contributed by atoms with Gasteiger partial charge in [-0.15, -0.1) is 22.7 Å². The topological polar surface area (TPSA) is 46.9 Å². The molecular formula is C24H36N2O2S2. The van der Waals surface area contributed by atoms with Crippen LogP contribution >= 0.6 is 22.7 Å². The highest BCUT2D eigenvalue weighted by molar-refractivity contribution is 7.10. The number of piperidine rings is 2. The molecule has 4 nitrogen and oxygen atoms in total. The van der Waals surface area contributed by atoms with E-state index in [9.17, 15) is 10.2 Å². The first-order valence-electron chi connectivity index (χ1n) is 11.6. The van der Waals surface area contributed by atoms with E-state index >= 15 is 0 Å². The monoisotopic (exact) mass is 448 g/mol. The normalized spacial score (nSPS) is 23.1. The molecule has 30 heavy (non-hydrogen) atoms. The minimum Gasteiger partial charge on any atom is -0.381 e. The van der Waals surface area contributed by atoms with E-state index in [0.717, 1.165) is 49.0 Å². The van der Waals surface area contributed by atoms with Gasteiger partial charge in [0.15, 0.2) is 0 Å². The third-order valence-electron chi connectivity index (χ3n) is 7.02. The Bertz CT molecular complexity index is 675. The van der Waals surface area contributed by atoms with Gasteiger partial charge in [-0.3, -0.25) is 0 Å². The average molecular weight is 449 g/mol. The molecule has 2 aliphatic heterocycles. The standard InChI is InChI=1S/C24H36N2O2S2/c27-23(21-9-7-19-29-21,11-17-25-13-3-1-4-14-25)24(28,22-10-8-20-30-22)12-18-26-15-5-2-6-16-26/h7-10,19-20,27-28H,1-6,11-18H2/t23-,24-/m0/s1. The van der Waals surface area contributed by atoms with Gasteiger partial charge in [-0.1, -0.05) is 25.0 Å². The molecule has 0 unspecified atom stereocenters. The summed E-state index contributed by atoms with van der Waals surface area (Å²) in [5, 5.41) is 28.5. The van der Waals surface area contributed by atoms with Crippen molar-refractivity contribution in [1.29, 1.82) is 0 Å². The Morgan fingerprint density at radius 3 is 1.40 bits per heavy atom. The number of aliphatic hydroxyl groups is 2. The second kappa shape index (κ2) is 10.2. The SMILES string of the molecule is O[C@@](CCN1CCCCC1)(c1cccs1)[C@](O)(CCN1CCCCC1)c1cccs1. The average Bonchev–Trinajstić information content (AvgIpc) is 3.52. The van der Waals surface area contributed by atoms with E-state index in [-0.39, 0.29) is 0 Å². The largest absolute Gasteiger partial charge is 0.381 e. The lowest BCUT2D eigenvalue weighted by Gasteiger charge is -2.45. The summed E-state index contributed by atoms with van der Waals surface area (Å²) in [6.45, 7) is 6.06.